The van der Waals surface area contributed by atoms with Crippen molar-refractivity contribution in [3.05, 3.63) is 18.5 Å². The van der Waals surface area contributed by atoms with Crippen LogP contribution in [0.15, 0.2) is 18.5 Å². The number of aromatic nitrogens is 1. The second-order valence-corrected chi connectivity index (χ2v) is 2.34. The Morgan fingerprint density at radius 3 is 3.08 bits per heavy atom. The van der Waals surface area contributed by atoms with E-state index >= 15 is 0 Å². The third-order valence-electron chi connectivity index (χ3n) is 1.38. The van der Waals surface area contributed by atoms with Gasteiger partial charge < -0.3 is 15.6 Å². The van der Waals surface area contributed by atoms with E-state index in [0.29, 0.717) is 24.5 Å². The first-order valence-electron chi connectivity index (χ1n) is 3.77. The van der Waals surface area contributed by atoms with Gasteiger partial charge in [-0.2, -0.15) is 0 Å². The van der Waals surface area contributed by atoms with Crippen LogP contribution in [0.1, 0.15) is 6.42 Å². The third kappa shape index (κ3) is 2.39. The Morgan fingerprint density at radius 1 is 1.58 bits per heavy atom. The van der Waals surface area contributed by atoms with Crippen LogP contribution in [-0.2, 0) is 0 Å². The van der Waals surface area contributed by atoms with E-state index in [4.69, 9.17) is 15.6 Å². The Kier molecular flexibility index (Phi) is 3.35. The minimum atomic E-state index is 0.125. The zero-order valence-corrected chi connectivity index (χ0v) is 6.73. The van der Waals surface area contributed by atoms with Crippen LogP contribution in [0.4, 0.5) is 5.69 Å². The molecule has 0 atom stereocenters. The summed E-state index contributed by atoms with van der Waals surface area (Å²) in [6.07, 6.45) is 3.77. The zero-order chi connectivity index (χ0) is 8.81. The van der Waals surface area contributed by atoms with Gasteiger partial charge in [0.2, 0.25) is 0 Å². The standard InChI is InChI=1S/C8H12N2O2/c9-7-2-3-10-6-8(7)12-5-1-4-11/h2-3,6,11H,1,4-5H2,(H2,9,10). The van der Waals surface area contributed by atoms with E-state index in [9.17, 15) is 0 Å². The summed E-state index contributed by atoms with van der Waals surface area (Å²) in [5.74, 6) is 0.575. The number of aliphatic hydroxyl groups excluding tert-OH is 1. The molecule has 1 aromatic rings. The topological polar surface area (TPSA) is 68.4 Å². The van der Waals surface area contributed by atoms with Gasteiger partial charge in [0.05, 0.1) is 18.5 Å². The Balaban J connectivity index is 2.46. The van der Waals surface area contributed by atoms with Gasteiger partial charge in [0.25, 0.3) is 0 Å². The minimum Gasteiger partial charge on any atom is -0.490 e. The minimum absolute atomic E-state index is 0.125. The molecule has 0 aromatic carbocycles. The number of nitrogen functional groups attached to an aromatic ring is 1. The number of nitrogens with zero attached hydrogens (tertiary/aromatic N) is 1. The molecule has 1 aromatic heterocycles. The first kappa shape index (κ1) is 8.80. The molecule has 4 nitrogen and oxygen atoms in total. The van der Waals surface area contributed by atoms with Crippen molar-refractivity contribution >= 4 is 5.69 Å². The summed E-state index contributed by atoms with van der Waals surface area (Å²) in [6, 6.07) is 1.67. The molecule has 0 radical (unpaired) electrons. The fourth-order valence-corrected chi connectivity index (χ4v) is 0.758. The van der Waals surface area contributed by atoms with Crippen LogP contribution in [0.3, 0.4) is 0 Å². The van der Waals surface area contributed by atoms with Gasteiger partial charge in [-0.25, -0.2) is 0 Å². The third-order valence-corrected chi connectivity index (χ3v) is 1.38. The first-order valence-corrected chi connectivity index (χ1v) is 3.77. The molecule has 0 amide bonds. The largest absolute Gasteiger partial charge is 0.490 e. The van der Waals surface area contributed by atoms with Crippen LogP contribution in [0, 0.1) is 0 Å². The highest BCUT2D eigenvalue weighted by Gasteiger charge is 1.97. The first-order chi connectivity index (χ1) is 5.84. The second-order valence-electron chi connectivity index (χ2n) is 2.34. The highest BCUT2D eigenvalue weighted by molar-refractivity contribution is 5.49. The van der Waals surface area contributed by atoms with E-state index < -0.39 is 0 Å². The highest BCUT2D eigenvalue weighted by atomic mass is 16.5. The number of hydrogen-bond acceptors (Lipinski definition) is 4. The van der Waals surface area contributed by atoms with Crippen molar-refractivity contribution in [1.29, 1.82) is 0 Å². The van der Waals surface area contributed by atoms with Gasteiger partial charge in [0, 0.05) is 19.2 Å². The molecule has 0 saturated carbocycles. The average molecular weight is 168 g/mol. The summed E-state index contributed by atoms with van der Waals surface area (Å²) in [5.41, 5.74) is 6.15. The van der Waals surface area contributed by atoms with Crippen molar-refractivity contribution in [2.75, 3.05) is 18.9 Å². The van der Waals surface area contributed by atoms with Crippen molar-refractivity contribution < 1.29 is 9.84 Å². The fourth-order valence-electron chi connectivity index (χ4n) is 0.758. The van der Waals surface area contributed by atoms with Crippen molar-refractivity contribution in [1.82, 2.24) is 4.98 Å². The number of nitrogens with two attached hydrogens (primary N) is 1. The van der Waals surface area contributed by atoms with Gasteiger partial charge in [-0.1, -0.05) is 0 Å². The SMILES string of the molecule is Nc1ccncc1OCCCO. The molecule has 1 heterocycles. The van der Waals surface area contributed by atoms with E-state index in [1.54, 1.807) is 18.5 Å². The van der Waals surface area contributed by atoms with E-state index in [2.05, 4.69) is 4.98 Å². The molecule has 1 rings (SSSR count). The number of aliphatic hydroxyl groups is 1. The van der Waals surface area contributed by atoms with Gasteiger partial charge in [0.1, 0.15) is 0 Å². The molecule has 0 bridgehead atoms. The Bertz CT molecular complexity index is 240. The van der Waals surface area contributed by atoms with E-state index in [1.807, 2.05) is 0 Å². The Labute approximate surface area is 71.0 Å². The lowest BCUT2D eigenvalue weighted by molar-refractivity contribution is 0.234. The molecule has 0 fully saturated rings. The smallest absolute Gasteiger partial charge is 0.160 e. The molecule has 0 aliphatic rings. The predicted octanol–water partition coefficient (Wildman–Crippen LogP) is 0.425. The van der Waals surface area contributed by atoms with Gasteiger partial charge in [-0.3, -0.25) is 4.98 Å². The molecular formula is C8H12N2O2. The molecule has 12 heavy (non-hydrogen) atoms. The lowest BCUT2D eigenvalue weighted by atomic mass is 10.4. The Hall–Kier alpha value is -1.29. The molecule has 0 aliphatic carbocycles. The molecule has 0 unspecified atom stereocenters. The van der Waals surface area contributed by atoms with Gasteiger partial charge >= 0.3 is 0 Å². The number of anilines is 1. The lowest BCUT2D eigenvalue weighted by Gasteiger charge is -2.05. The maximum atomic E-state index is 8.49. The number of pyridine rings is 1. The van der Waals surface area contributed by atoms with Crippen LogP contribution in [0.2, 0.25) is 0 Å². The van der Waals surface area contributed by atoms with Crippen molar-refractivity contribution in [2.24, 2.45) is 0 Å². The molecule has 66 valence electrons. The van der Waals surface area contributed by atoms with Crippen LogP contribution < -0.4 is 10.5 Å². The number of hydrogen-bond donors (Lipinski definition) is 2. The van der Waals surface area contributed by atoms with Crippen molar-refractivity contribution in [2.45, 2.75) is 6.42 Å². The quantitative estimate of drug-likeness (QED) is 0.639. The maximum absolute atomic E-state index is 8.49. The van der Waals surface area contributed by atoms with Gasteiger partial charge in [-0.05, 0) is 6.07 Å². The summed E-state index contributed by atoms with van der Waals surface area (Å²) in [4.78, 5) is 3.86. The summed E-state index contributed by atoms with van der Waals surface area (Å²) in [5, 5.41) is 8.49. The number of rotatable bonds is 4. The molecule has 4 heteroatoms. The zero-order valence-electron chi connectivity index (χ0n) is 6.73. The van der Waals surface area contributed by atoms with Crippen LogP contribution in [0.5, 0.6) is 5.75 Å². The van der Waals surface area contributed by atoms with E-state index in [1.165, 1.54) is 0 Å². The summed E-state index contributed by atoms with van der Waals surface area (Å²) < 4.78 is 5.23. The highest BCUT2D eigenvalue weighted by Crippen LogP contribution is 2.17. The van der Waals surface area contributed by atoms with Crippen molar-refractivity contribution in [3.8, 4) is 5.75 Å². The average Bonchev–Trinajstić information content (AvgIpc) is 2.09. The summed E-state index contributed by atoms with van der Waals surface area (Å²) in [6.45, 7) is 0.590. The molecule has 0 aliphatic heterocycles. The van der Waals surface area contributed by atoms with E-state index in [0.717, 1.165) is 0 Å². The normalized spacial score (nSPS) is 9.75. The van der Waals surface area contributed by atoms with E-state index in [-0.39, 0.29) is 6.61 Å². The predicted molar refractivity (Wildman–Crippen MR) is 45.8 cm³/mol. The molecular weight excluding hydrogens is 156 g/mol. The van der Waals surface area contributed by atoms with Gasteiger partial charge in [0.15, 0.2) is 5.75 Å². The summed E-state index contributed by atoms with van der Waals surface area (Å²) in [7, 11) is 0. The second kappa shape index (κ2) is 4.56. The molecule has 0 spiro atoms. The Morgan fingerprint density at radius 2 is 2.42 bits per heavy atom. The van der Waals surface area contributed by atoms with Crippen LogP contribution >= 0.6 is 0 Å². The summed E-state index contributed by atoms with van der Waals surface area (Å²) >= 11 is 0. The molecule has 0 saturated heterocycles. The van der Waals surface area contributed by atoms with Crippen LogP contribution in [0.25, 0.3) is 0 Å². The van der Waals surface area contributed by atoms with Crippen molar-refractivity contribution in [3.63, 3.8) is 0 Å². The number of ether oxygens (including phenoxy) is 1. The fraction of sp³-hybridized carbons (Fsp3) is 0.375. The lowest BCUT2D eigenvalue weighted by Crippen LogP contribution is -2.02. The monoisotopic (exact) mass is 168 g/mol. The maximum Gasteiger partial charge on any atom is 0.160 e. The van der Waals surface area contributed by atoms with Gasteiger partial charge in [-0.15, -0.1) is 0 Å². The molecule has 3 N–H and O–H groups in total. The van der Waals surface area contributed by atoms with Crippen LogP contribution in [-0.4, -0.2) is 23.3 Å².